The van der Waals surface area contributed by atoms with Crippen LogP contribution in [0.25, 0.3) is 0 Å². The number of halogens is 6. The molecule has 0 fully saturated rings. The summed E-state index contributed by atoms with van der Waals surface area (Å²) in [5, 5.41) is 0. The van der Waals surface area contributed by atoms with Crippen LogP contribution in [0.15, 0.2) is 21.6 Å². The summed E-state index contributed by atoms with van der Waals surface area (Å²) < 4.78 is 86.0. The molecule has 10 heteroatoms. The Hall–Kier alpha value is -1.92. The largest absolute Gasteiger partial charge is 0.236 e. The number of isocyanates is 2. The van der Waals surface area contributed by atoms with Gasteiger partial charge in [-0.15, -0.1) is 0 Å². The zero-order valence-corrected chi connectivity index (χ0v) is 11.4. The molecule has 0 aromatic rings. The lowest BCUT2D eigenvalue weighted by Crippen LogP contribution is -2.73. The van der Waals surface area contributed by atoms with Crippen LogP contribution in [-0.4, -0.2) is 47.9 Å². The number of nitrogens with zero attached hydrogens (tertiary/aromatic N) is 2. The lowest BCUT2D eigenvalue weighted by molar-refractivity contribution is -0.185. The van der Waals surface area contributed by atoms with E-state index >= 15 is 0 Å². The molecule has 0 spiro atoms. The smallest absolute Gasteiger partial charge is 0.235 e. The predicted molar refractivity (Wildman–Crippen MR) is 61.9 cm³/mol. The van der Waals surface area contributed by atoms with Crippen LogP contribution >= 0.6 is 0 Å². The van der Waals surface area contributed by atoms with Gasteiger partial charge in [-0.05, 0) is 13.8 Å². The molecular weight excluding hydrogens is 318 g/mol. The molecule has 4 nitrogen and oxygen atoms in total. The van der Waals surface area contributed by atoms with E-state index in [9.17, 15) is 35.9 Å². The Morgan fingerprint density at radius 3 is 1.82 bits per heavy atom. The lowest BCUT2D eigenvalue weighted by Gasteiger charge is -2.51. The molecule has 0 bridgehead atoms. The Balaban J connectivity index is 3.78. The summed E-state index contributed by atoms with van der Waals surface area (Å²) >= 11 is 0. The van der Waals surface area contributed by atoms with Crippen molar-refractivity contribution in [1.29, 1.82) is 0 Å². The van der Waals surface area contributed by atoms with Crippen LogP contribution in [0, 0.1) is 0 Å². The molecule has 4 unspecified atom stereocenters. The molecule has 0 radical (unpaired) electrons. The van der Waals surface area contributed by atoms with Gasteiger partial charge in [0.2, 0.25) is 23.5 Å². The molecule has 0 amide bonds. The van der Waals surface area contributed by atoms with E-state index in [4.69, 9.17) is 0 Å². The summed E-state index contributed by atoms with van der Waals surface area (Å²) in [6, 6.07) is 0. The molecule has 0 aromatic heterocycles. The lowest BCUT2D eigenvalue weighted by atomic mass is 9.63. The van der Waals surface area contributed by atoms with Crippen molar-refractivity contribution in [2.24, 2.45) is 9.98 Å². The molecule has 122 valence electrons. The van der Waals surface area contributed by atoms with Crippen molar-refractivity contribution in [3.63, 3.8) is 0 Å². The molecule has 1 aliphatic rings. The van der Waals surface area contributed by atoms with E-state index in [0.717, 1.165) is 12.2 Å². The van der Waals surface area contributed by atoms with Crippen molar-refractivity contribution >= 4 is 12.2 Å². The second-order valence-corrected chi connectivity index (χ2v) is 5.05. The topological polar surface area (TPSA) is 58.9 Å². The van der Waals surface area contributed by atoms with Gasteiger partial charge in [0.25, 0.3) is 0 Å². The monoisotopic (exact) mass is 328 g/mol. The van der Waals surface area contributed by atoms with Crippen molar-refractivity contribution in [3.8, 4) is 0 Å². The van der Waals surface area contributed by atoms with Gasteiger partial charge in [-0.25, -0.2) is 45.9 Å². The Bertz CT molecular complexity index is 607. The number of hydrogen-bond acceptors (Lipinski definition) is 4. The van der Waals surface area contributed by atoms with Crippen LogP contribution in [-0.2, 0) is 9.59 Å². The van der Waals surface area contributed by atoms with Crippen molar-refractivity contribution in [3.05, 3.63) is 11.7 Å². The molecule has 0 saturated heterocycles. The summed E-state index contributed by atoms with van der Waals surface area (Å²) in [4.78, 5) is 25.3. The summed E-state index contributed by atoms with van der Waals surface area (Å²) in [5.41, 5.74) is -16.2. The Kier molecular flexibility index (Phi) is 4.43. The minimum atomic E-state index is -4.19. The van der Waals surface area contributed by atoms with Gasteiger partial charge in [-0.3, -0.25) is 0 Å². The predicted octanol–water partition coefficient (Wildman–Crippen LogP) is 2.70. The average molecular weight is 328 g/mol. The van der Waals surface area contributed by atoms with E-state index in [2.05, 4.69) is 9.98 Å². The number of rotatable bonds is 4. The first-order chi connectivity index (χ1) is 9.94. The normalized spacial score (nSPS) is 41.6. The van der Waals surface area contributed by atoms with Gasteiger partial charge in [0.15, 0.2) is 23.0 Å². The Labute approximate surface area is 120 Å². The first-order valence-electron chi connectivity index (χ1n) is 5.83. The van der Waals surface area contributed by atoms with Crippen LogP contribution in [0.4, 0.5) is 26.3 Å². The third kappa shape index (κ3) is 2.02. The van der Waals surface area contributed by atoms with Crippen LogP contribution in [0.1, 0.15) is 13.8 Å². The standard InChI is InChI=1S/C12H10F6N2O2/c1-9(15)7(13)8(14)11(17,3-19-5-21)12(18,4-20-6-22)10(9,2)16/h3-4H2,1-2H3. The van der Waals surface area contributed by atoms with Gasteiger partial charge in [0.1, 0.15) is 0 Å². The van der Waals surface area contributed by atoms with Gasteiger partial charge in [-0.1, -0.05) is 0 Å². The van der Waals surface area contributed by atoms with Crippen LogP contribution in [0.3, 0.4) is 0 Å². The number of carbonyl (C=O) groups excluding carboxylic acids is 2. The third-order valence-electron chi connectivity index (χ3n) is 3.93. The molecule has 1 rings (SSSR count). The maximum atomic E-state index is 14.9. The first-order valence-corrected chi connectivity index (χ1v) is 5.83. The molecule has 0 saturated carbocycles. The van der Waals surface area contributed by atoms with E-state index < -0.39 is 47.4 Å². The van der Waals surface area contributed by atoms with Crippen molar-refractivity contribution < 1.29 is 35.9 Å². The average Bonchev–Trinajstić information content (AvgIpc) is 2.46. The SMILES string of the molecule is CC1(F)C(F)=C(F)C(F)(CN=C=O)C(F)(CN=C=O)C1(C)F. The summed E-state index contributed by atoms with van der Waals surface area (Å²) in [7, 11) is 0. The number of aliphatic imine (C=N–C) groups is 2. The van der Waals surface area contributed by atoms with Crippen molar-refractivity contribution in [1.82, 2.24) is 0 Å². The highest BCUT2D eigenvalue weighted by Gasteiger charge is 2.78. The minimum Gasteiger partial charge on any atom is -0.236 e. The molecule has 22 heavy (non-hydrogen) atoms. The zero-order valence-electron chi connectivity index (χ0n) is 11.4. The fraction of sp³-hybridized carbons (Fsp3) is 0.667. The second kappa shape index (κ2) is 5.37. The van der Waals surface area contributed by atoms with Crippen LogP contribution in [0.5, 0.6) is 0 Å². The van der Waals surface area contributed by atoms with E-state index in [1.807, 2.05) is 0 Å². The van der Waals surface area contributed by atoms with Gasteiger partial charge >= 0.3 is 0 Å². The fourth-order valence-electron chi connectivity index (χ4n) is 2.26. The molecule has 0 heterocycles. The van der Waals surface area contributed by atoms with E-state index in [0.29, 0.717) is 0 Å². The number of allylic oxidation sites excluding steroid dienone is 1. The highest BCUT2D eigenvalue weighted by molar-refractivity contribution is 5.43. The number of alkyl halides is 4. The minimum absolute atomic E-state index is 0.151. The highest BCUT2D eigenvalue weighted by atomic mass is 19.2. The van der Waals surface area contributed by atoms with Crippen LogP contribution in [0.2, 0.25) is 0 Å². The van der Waals surface area contributed by atoms with E-state index in [-0.39, 0.29) is 13.8 Å². The third-order valence-corrected chi connectivity index (χ3v) is 3.93. The molecule has 0 aromatic carbocycles. The molecule has 4 atom stereocenters. The summed E-state index contributed by atoms with van der Waals surface area (Å²) in [6.45, 7) is -3.09. The van der Waals surface area contributed by atoms with Crippen LogP contribution < -0.4 is 0 Å². The first kappa shape index (κ1) is 18.1. The molecular formula is C12H10F6N2O2. The van der Waals surface area contributed by atoms with E-state index in [1.165, 1.54) is 0 Å². The molecule has 0 N–H and O–H groups in total. The van der Waals surface area contributed by atoms with Gasteiger partial charge in [0, 0.05) is 0 Å². The van der Waals surface area contributed by atoms with Crippen molar-refractivity contribution in [2.75, 3.05) is 13.1 Å². The van der Waals surface area contributed by atoms with Gasteiger partial charge in [-0.2, -0.15) is 0 Å². The van der Waals surface area contributed by atoms with Crippen molar-refractivity contribution in [2.45, 2.75) is 36.5 Å². The Morgan fingerprint density at radius 1 is 0.909 bits per heavy atom. The van der Waals surface area contributed by atoms with Gasteiger partial charge in [0.05, 0.1) is 13.1 Å². The molecule has 0 aliphatic heterocycles. The summed E-state index contributed by atoms with van der Waals surface area (Å²) in [5.74, 6) is -5.11. The fourth-order valence-corrected chi connectivity index (χ4v) is 2.26. The quantitative estimate of drug-likeness (QED) is 0.453. The maximum Gasteiger partial charge on any atom is 0.235 e. The Morgan fingerprint density at radius 2 is 1.36 bits per heavy atom. The molecule has 1 aliphatic carbocycles. The second-order valence-electron chi connectivity index (χ2n) is 5.05. The number of hydrogen-bond donors (Lipinski definition) is 0. The summed E-state index contributed by atoms with van der Waals surface area (Å²) in [6.07, 6.45) is 1.51. The zero-order chi connectivity index (χ0) is 17.4. The maximum absolute atomic E-state index is 14.9. The van der Waals surface area contributed by atoms with E-state index in [1.54, 1.807) is 0 Å². The highest BCUT2D eigenvalue weighted by Crippen LogP contribution is 2.59. The van der Waals surface area contributed by atoms with Gasteiger partial charge < -0.3 is 0 Å².